The maximum absolute atomic E-state index is 13.7. The molecule has 0 fully saturated rings. The van der Waals surface area contributed by atoms with Gasteiger partial charge < -0.3 is 4.98 Å². The molecule has 192 valence electrons. The van der Waals surface area contributed by atoms with E-state index >= 15 is 0 Å². The van der Waals surface area contributed by atoms with Gasteiger partial charge in [-0.3, -0.25) is 14.5 Å². The van der Waals surface area contributed by atoms with E-state index < -0.39 is 23.1 Å². The second-order valence-corrected chi connectivity index (χ2v) is 9.77. The summed E-state index contributed by atoms with van der Waals surface area (Å²) < 4.78 is 43.4. The molecule has 0 aliphatic carbocycles. The Balaban J connectivity index is 1.79. The van der Waals surface area contributed by atoms with E-state index in [-0.39, 0.29) is 32.0 Å². The number of H-pyrrole nitrogens is 1. The fourth-order valence-electron chi connectivity index (χ4n) is 4.28. The molecule has 0 aliphatic heterocycles. The lowest BCUT2D eigenvalue weighted by Gasteiger charge is -2.12. The quantitative estimate of drug-likeness (QED) is 0.274. The molecule has 0 saturated heterocycles. The van der Waals surface area contributed by atoms with Crippen molar-refractivity contribution in [1.82, 2.24) is 24.3 Å². The van der Waals surface area contributed by atoms with Crippen molar-refractivity contribution < 1.29 is 13.2 Å². The van der Waals surface area contributed by atoms with E-state index in [9.17, 15) is 22.8 Å². The number of hydrogen-bond acceptors (Lipinski definition) is 5. The van der Waals surface area contributed by atoms with E-state index in [2.05, 4.69) is 28.2 Å². The molecule has 0 atom stereocenters. The van der Waals surface area contributed by atoms with Crippen LogP contribution in [0, 0.1) is 0 Å². The lowest BCUT2D eigenvalue weighted by molar-refractivity contribution is -0.141. The van der Waals surface area contributed by atoms with Crippen LogP contribution in [-0.2, 0) is 13.2 Å². The van der Waals surface area contributed by atoms with Gasteiger partial charge in [0.1, 0.15) is 4.70 Å². The zero-order chi connectivity index (χ0) is 27.4. The Bertz CT molecular complexity index is 1920. The van der Waals surface area contributed by atoms with E-state index in [0.29, 0.717) is 16.0 Å². The Morgan fingerprint density at radius 3 is 2.63 bits per heavy atom. The fourth-order valence-corrected chi connectivity index (χ4v) is 5.67. The van der Waals surface area contributed by atoms with Gasteiger partial charge in [-0.25, -0.2) is 9.36 Å². The minimum Gasteiger partial charge on any atom is -0.306 e. The number of alkyl halides is 3. The molecule has 0 aliphatic rings. The van der Waals surface area contributed by atoms with Gasteiger partial charge in [0, 0.05) is 51.3 Å². The summed E-state index contributed by atoms with van der Waals surface area (Å²) in [5.74, 6) is 0. The molecular weight excluding hydrogens is 539 g/mol. The van der Waals surface area contributed by atoms with Gasteiger partial charge >= 0.3 is 11.9 Å². The van der Waals surface area contributed by atoms with Crippen LogP contribution in [0.2, 0.25) is 0 Å². The first-order valence-electron chi connectivity index (χ1n) is 11.0. The molecular formula is C26H17ClF3N5O2S. The van der Waals surface area contributed by atoms with E-state index in [0.717, 1.165) is 26.0 Å². The third-order valence-corrected chi connectivity index (χ3v) is 7.17. The van der Waals surface area contributed by atoms with E-state index in [4.69, 9.17) is 11.6 Å². The Morgan fingerprint density at radius 1 is 1.21 bits per heavy atom. The van der Waals surface area contributed by atoms with Crippen LogP contribution in [0.15, 0.2) is 82.8 Å². The SMILES string of the molecule is C=C/C(=C(\C(=C)Cl)c1cc2[nH]c(=O)n(-c3cncc4ccccc34)c(=O)c2s1)c1cn(C)nc1C(F)(F)F. The summed E-state index contributed by atoms with van der Waals surface area (Å²) in [7, 11) is 1.36. The van der Waals surface area contributed by atoms with Gasteiger partial charge in [0.2, 0.25) is 0 Å². The van der Waals surface area contributed by atoms with Crippen molar-refractivity contribution >= 4 is 55.1 Å². The van der Waals surface area contributed by atoms with Gasteiger partial charge in [0.15, 0.2) is 5.69 Å². The largest absolute Gasteiger partial charge is 0.435 e. The second kappa shape index (κ2) is 9.26. The third kappa shape index (κ3) is 4.19. The number of rotatable bonds is 5. The number of allylic oxidation sites excluding steroid dienone is 4. The number of benzene rings is 1. The predicted molar refractivity (Wildman–Crippen MR) is 144 cm³/mol. The van der Waals surface area contributed by atoms with Crippen molar-refractivity contribution in [3.05, 3.63) is 110 Å². The monoisotopic (exact) mass is 555 g/mol. The minimum absolute atomic E-state index is 0.0258. The van der Waals surface area contributed by atoms with Crippen LogP contribution in [0.25, 0.3) is 37.8 Å². The highest BCUT2D eigenvalue weighted by atomic mass is 35.5. The molecule has 0 spiro atoms. The maximum Gasteiger partial charge on any atom is 0.435 e. The highest BCUT2D eigenvalue weighted by Gasteiger charge is 2.38. The van der Waals surface area contributed by atoms with Gasteiger partial charge in [-0.2, -0.15) is 18.3 Å². The van der Waals surface area contributed by atoms with Crippen LogP contribution in [0.3, 0.4) is 0 Å². The zero-order valence-corrected chi connectivity index (χ0v) is 21.2. The number of hydrogen-bond donors (Lipinski definition) is 1. The summed E-state index contributed by atoms with van der Waals surface area (Å²) in [5.41, 5.74) is -2.04. The van der Waals surface area contributed by atoms with Crippen LogP contribution < -0.4 is 11.2 Å². The first kappa shape index (κ1) is 25.4. The van der Waals surface area contributed by atoms with E-state index in [1.807, 2.05) is 6.07 Å². The summed E-state index contributed by atoms with van der Waals surface area (Å²) in [6, 6.07) is 8.64. The Hall–Kier alpha value is -4.22. The Kier molecular flexibility index (Phi) is 6.20. The van der Waals surface area contributed by atoms with Crippen LogP contribution >= 0.6 is 22.9 Å². The summed E-state index contributed by atoms with van der Waals surface area (Å²) in [4.78, 5) is 33.8. The average molecular weight is 556 g/mol. The smallest absolute Gasteiger partial charge is 0.306 e. The van der Waals surface area contributed by atoms with Crippen LogP contribution in [0.4, 0.5) is 13.2 Å². The number of nitrogens with one attached hydrogen (secondary N) is 1. The summed E-state index contributed by atoms with van der Waals surface area (Å²) >= 11 is 7.26. The van der Waals surface area contributed by atoms with Crippen molar-refractivity contribution in [2.45, 2.75) is 6.18 Å². The molecule has 38 heavy (non-hydrogen) atoms. The molecule has 0 unspecified atom stereocenters. The van der Waals surface area contributed by atoms with Crippen molar-refractivity contribution in [2.24, 2.45) is 7.05 Å². The molecule has 0 bridgehead atoms. The molecule has 5 rings (SSSR count). The number of aromatic amines is 1. The normalized spacial score (nSPS) is 12.7. The number of aryl methyl sites for hydroxylation is 1. The van der Waals surface area contributed by atoms with Crippen molar-refractivity contribution in [3.63, 3.8) is 0 Å². The molecule has 0 saturated carbocycles. The molecule has 4 heterocycles. The maximum atomic E-state index is 13.7. The lowest BCUT2D eigenvalue weighted by Crippen LogP contribution is -2.33. The van der Waals surface area contributed by atoms with Crippen LogP contribution in [-0.4, -0.2) is 24.3 Å². The molecule has 0 radical (unpaired) electrons. The van der Waals surface area contributed by atoms with Gasteiger partial charge in [-0.05, 0) is 11.6 Å². The zero-order valence-electron chi connectivity index (χ0n) is 19.6. The molecule has 12 heteroatoms. The highest BCUT2D eigenvalue weighted by Crippen LogP contribution is 2.42. The van der Waals surface area contributed by atoms with Crippen molar-refractivity contribution in [3.8, 4) is 5.69 Å². The number of halogens is 4. The molecule has 1 N–H and O–H groups in total. The average Bonchev–Trinajstić information content (AvgIpc) is 3.45. The standard InChI is InChI=1S/C26H17ClF3N5O2S/c1-4-15(17-12-34(3)33-23(17)26(28,29)30)21(13(2)27)20-9-18-22(38-20)24(36)35(25(37)32-18)19-11-31-10-14-7-5-6-8-16(14)19/h4-12H,1-2H2,3H3,(H,32,37)/b21-15-. The Morgan fingerprint density at radius 2 is 1.95 bits per heavy atom. The predicted octanol–water partition coefficient (Wildman–Crippen LogP) is 5.89. The fraction of sp³-hybridized carbons (Fsp3) is 0.0769. The third-order valence-electron chi connectivity index (χ3n) is 5.84. The highest BCUT2D eigenvalue weighted by molar-refractivity contribution is 7.20. The van der Waals surface area contributed by atoms with Crippen molar-refractivity contribution in [2.75, 3.05) is 0 Å². The topological polar surface area (TPSA) is 85.6 Å². The number of aromatic nitrogens is 5. The lowest BCUT2D eigenvalue weighted by atomic mass is 9.98. The molecule has 1 aromatic carbocycles. The molecule has 0 amide bonds. The molecule has 4 aromatic heterocycles. The number of thiophene rings is 1. The minimum atomic E-state index is -4.74. The van der Waals surface area contributed by atoms with Crippen LogP contribution in [0.5, 0.6) is 0 Å². The number of fused-ring (bicyclic) bond motifs is 2. The first-order valence-corrected chi connectivity index (χ1v) is 12.2. The van der Waals surface area contributed by atoms with Gasteiger partial charge in [0.05, 0.1) is 17.4 Å². The summed E-state index contributed by atoms with van der Waals surface area (Å²) in [6.45, 7) is 7.41. The van der Waals surface area contributed by atoms with E-state index in [1.54, 1.807) is 24.4 Å². The van der Waals surface area contributed by atoms with Crippen LogP contribution in [0.1, 0.15) is 16.1 Å². The summed E-state index contributed by atoms with van der Waals surface area (Å²) in [6.07, 6.45) is 0.725. The summed E-state index contributed by atoms with van der Waals surface area (Å²) in [5, 5.41) is 4.86. The first-order chi connectivity index (χ1) is 18.0. The van der Waals surface area contributed by atoms with Crippen molar-refractivity contribution in [1.29, 1.82) is 0 Å². The molecule has 7 nitrogen and oxygen atoms in total. The van der Waals surface area contributed by atoms with Gasteiger partial charge in [-0.1, -0.05) is 55.1 Å². The Labute approximate surface area is 221 Å². The van der Waals surface area contributed by atoms with Gasteiger partial charge in [0.25, 0.3) is 5.56 Å². The number of pyridine rings is 1. The second-order valence-electron chi connectivity index (χ2n) is 8.26. The van der Waals surface area contributed by atoms with Gasteiger partial charge in [-0.15, -0.1) is 11.3 Å². The number of nitrogens with zero attached hydrogens (tertiary/aromatic N) is 4. The van der Waals surface area contributed by atoms with E-state index in [1.165, 1.54) is 31.6 Å². The molecule has 5 aromatic rings.